The van der Waals surface area contributed by atoms with Crippen LogP contribution in [0.1, 0.15) is 33.3 Å². The zero-order valence-corrected chi connectivity index (χ0v) is 13.9. The number of nitrogens with zero attached hydrogens (tertiary/aromatic N) is 1. The van der Waals surface area contributed by atoms with Crippen molar-refractivity contribution in [1.82, 2.24) is 10.6 Å². The summed E-state index contributed by atoms with van der Waals surface area (Å²) in [5, 5.41) is 6.62. The fourth-order valence-corrected chi connectivity index (χ4v) is 1.72. The monoisotopic (exact) mass is 291 g/mol. The maximum absolute atomic E-state index is 5.75. The smallest absolute Gasteiger partial charge is 0.191 e. The Morgan fingerprint density at radius 3 is 2.52 bits per heavy atom. The normalized spacial score (nSPS) is 11.9. The molecule has 1 aromatic carbocycles. The third-order valence-corrected chi connectivity index (χ3v) is 2.84. The van der Waals surface area contributed by atoms with E-state index in [4.69, 9.17) is 4.74 Å². The predicted molar refractivity (Wildman–Crippen MR) is 89.8 cm³/mol. The number of hydrogen-bond acceptors (Lipinski definition) is 2. The molecule has 0 aromatic heterocycles. The number of benzene rings is 1. The summed E-state index contributed by atoms with van der Waals surface area (Å²) in [5.41, 5.74) is 1.18. The molecule has 4 heteroatoms. The van der Waals surface area contributed by atoms with Gasteiger partial charge in [0.1, 0.15) is 5.75 Å². The highest BCUT2D eigenvalue weighted by Crippen LogP contribution is 2.14. The van der Waals surface area contributed by atoms with Crippen molar-refractivity contribution in [3.05, 3.63) is 29.8 Å². The molecule has 21 heavy (non-hydrogen) atoms. The van der Waals surface area contributed by atoms with E-state index in [-0.39, 0.29) is 0 Å². The Bertz CT molecular complexity index is 441. The van der Waals surface area contributed by atoms with Crippen LogP contribution in [0.15, 0.2) is 29.3 Å². The van der Waals surface area contributed by atoms with Crippen LogP contribution in [0.5, 0.6) is 5.75 Å². The first-order valence-electron chi connectivity index (χ1n) is 7.67. The zero-order valence-electron chi connectivity index (χ0n) is 13.9. The molecule has 0 aliphatic carbocycles. The Kier molecular flexibility index (Phi) is 7.65. The van der Waals surface area contributed by atoms with E-state index in [1.54, 1.807) is 7.05 Å². The first kappa shape index (κ1) is 17.3. The Hall–Kier alpha value is -1.71. The molecule has 0 fully saturated rings. The van der Waals surface area contributed by atoms with Crippen molar-refractivity contribution in [1.29, 1.82) is 0 Å². The first-order chi connectivity index (χ1) is 10.0. The van der Waals surface area contributed by atoms with E-state index in [0.717, 1.165) is 31.4 Å². The summed E-state index contributed by atoms with van der Waals surface area (Å²) in [4.78, 5) is 4.22. The lowest BCUT2D eigenvalue weighted by molar-refractivity contribution is 0.271. The topological polar surface area (TPSA) is 45.7 Å². The highest BCUT2D eigenvalue weighted by molar-refractivity contribution is 5.79. The summed E-state index contributed by atoms with van der Waals surface area (Å²) in [6, 6.07) is 8.19. The minimum atomic E-state index is 0.533. The van der Waals surface area contributed by atoms with Gasteiger partial charge in [-0.05, 0) is 29.5 Å². The van der Waals surface area contributed by atoms with Gasteiger partial charge in [0.2, 0.25) is 0 Å². The van der Waals surface area contributed by atoms with Gasteiger partial charge in [-0.1, -0.05) is 39.8 Å². The Balaban J connectivity index is 2.48. The lowest BCUT2D eigenvalue weighted by Crippen LogP contribution is -2.38. The molecular formula is C17H29N3O. The van der Waals surface area contributed by atoms with Gasteiger partial charge in [0.15, 0.2) is 5.96 Å². The van der Waals surface area contributed by atoms with Crippen LogP contribution in [-0.2, 0) is 6.54 Å². The maximum atomic E-state index is 5.75. The van der Waals surface area contributed by atoms with Crippen LogP contribution < -0.4 is 15.4 Å². The van der Waals surface area contributed by atoms with Crippen LogP contribution in [0.2, 0.25) is 0 Å². The number of rotatable bonds is 7. The average Bonchev–Trinajstić information content (AvgIpc) is 2.45. The van der Waals surface area contributed by atoms with Crippen LogP contribution in [0.4, 0.5) is 0 Å². The molecule has 0 saturated heterocycles. The quantitative estimate of drug-likeness (QED) is 0.599. The van der Waals surface area contributed by atoms with E-state index in [9.17, 15) is 0 Å². The Labute approximate surface area is 129 Å². The molecule has 0 spiro atoms. The van der Waals surface area contributed by atoms with E-state index >= 15 is 0 Å². The van der Waals surface area contributed by atoms with Gasteiger partial charge in [-0.3, -0.25) is 4.99 Å². The third-order valence-electron chi connectivity index (χ3n) is 2.84. The molecule has 1 aromatic rings. The first-order valence-corrected chi connectivity index (χ1v) is 7.67. The van der Waals surface area contributed by atoms with Crippen molar-refractivity contribution in [2.45, 2.75) is 34.2 Å². The summed E-state index contributed by atoms with van der Waals surface area (Å²) >= 11 is 0. The number of hydrogen-bond donors (Lipinski definition) is 2. The van der Waals surface area contributed by atoms with Crippen molar-refractivity contribution < 1.29 is 4.74 Å². The van der Waals surface area contributed by atoms with Crippen LogP contribution in [-0.4, -0.2) is 26.2 Å². The standard InChI is InChI=1S/C17H29N3O/c1-13(2)10-19-17(18-5)20-11-15-7-6-8-16(9-15)21-12-14(3)4/h6-9,13-14H,10-12H2,1-5H3,(H2,18,19,20). The maximum Gasteiger partial charge on any atom is 0.191 e. The van der Waals surface area contributed by atoms with E-state index in [0.29, 0.717) is 11.8 Å². The lowest BCUT2D eigenvalue weighted by Gasteiger charge is -2.14. The van der Waals surface area contributed by atoms with Gasteiger partial charge in [0, 0.05) is 20.1 Å². The molecule has 0 aliphatic rings. The van der Waals surface area contributed by atoms with Crippen LogP contribution >= 0.6 is 0 Å². The minimum Gasteiger partial charge on any atom is -0.493 e. The van der Waals surface area contributed by atoms with E-state index in [1.807, 2.05) is 12.1 Å². The van der Waals surface area contributed by atoms with E-state index in [2.05, 4.69) is 55.5 Å². The molecule has 4 nitrogen and oxygen atoms in total. The molecule has 0 radical (unpaired) electrons. The summed E-state index contributed by atoms with van der Waals surface area (Å²) in [7, 11) is 1.79. The summed E-state index contributed by atoms with van der Waals surface area (Å²) in [6.07, 6.45) is 0. The van der Waals surface area contributed by atoms with Gasteiger partial charge in [-0.15, -0.1) is 0 Å². The molecule has 118 valence electrons. The van der Waals surface area contributed by atoms with Gasteiger partial charge in [-0.2, -0.15) is 0 Å². The molecule has 0 heterocycles. The Morgan fingerprint density at radius 2 is 1.90 bits per heavy atom. The fraction of sp³-hybridized carbons (Fsp3) is 0.588. The highest BCUT2D eigenvalue weighted by atomic mass is 16.5. The van der Waals surface area contributed by atoms with Crippen molar-refractivity contribution in [2.24, 2.45) is 16.8 Å². The second-order valence-electron chi connectivity index (χ2n) is 6.05. The number of aliphatic imine (C=N–C) groups is 1. The van der Waals surface area contributed by atoms with E-state index in [1.165, 1.54) is 5.56 Å². The molecule has 0 unspecified atom stereocenters. The van der Waals surface area contributed by atoms with Crippen LogP contribution in [0.3, 0.4) is 0 Å². The summed E-state index contributed by atoms with van der Waals surface area (Å²) in [6.45, 7) is 11.0. The van der Waals surface area contributed by atoms with Crippen LogP contribution in [0, 0.1) is 11.8 Å². The Morgan fingerprint density at radius 1 is 1.14 bits per heavy atom. The summed E-state index contributed by atoms with van der Waals surface area (Å²) < 4.78 is 5.75. The molecule has 0 bridgehead atoms. The van der Waals surface area contributed by atoms with Crippen LogP contribution in [0.25, 0.3) is 0 Å². The predicted octanol–water partition coefficient (Wildman–Crippen LogP) is 3.04. The summed E-state index contributed by atoms with van der Waals surface area (Å²) in [5.74, 6) is 2.88. The minimum absolute atomic E-state index is 0.533. The van der Waals surface area contributed by atoms with Gasteiger partial charge in [0.05, 0.1) is 6.61 Å². The van der Waals surface area contributed by atoms with Crippen molar-refractivity contribution in [2.75, 3.05) is 20.2 Å². The molecule has 0 saturated carbocycles. The van der Waals surface area contributed by atoms with E-state index < -0.39 is 0 Å². The van der Waals surface area contributed by atoms with Gasteiger partial charge < -0.3 is 15.4 Å². The largest absolute Gasteiger partial charge is 0.493 e. The van der Waals surface area contributed by atoms with Crippen molar-refractivity contribution in [3.8, 4) is 5.75 Å². The SMILES string of the molecule is CN=C(NCc1cccc(OCC(C)C)c1)NCC(C)C. The second kappa shape index (κ2) is 9.27. The zero-order chi connectivity index (χ0) is 15.7. The number of ether oxygens (including phenoxy) is 1. The second-order valence-corrected chi connectivity index (χ2v) is 6.05. The lowest BCUT2D eigenvalue weighted by atomic mass is 10.2. The molecule has 0 aliphatic heterocycles. The van der Waals surface area contributed by atoms with Crippen molar-refractivity contribution >= 4 is 5.96 Å². The molecule has 2 N–H and O–H groups in total. The number of nitrogens with one attached hydrogen (secondary N) is 2. The number of guanidine groups is 1. The fourth-order valence-electron chi connectivity index (χ4n) is 1.72. The van der Waals surface area contributed by atoms with Gasteiger partial charge in [-0.25, -0.2) is 0 Å². The van der Waals surface area contributed by atoms with Crippen molar-refractivity contribution in [3.63, 3.8) is 0 Å². The highest BCUT2D eigenvalue weighted by Gasteiger charge is 2.02. The molecule has 0 atom stereocenters. The van der Waals surface area contributed by atoms with Gasteiger partial charge >= 0.3 is 0 Å². The molecule has 1 rings (SSSR count). The molecule has 0 amide bonds. The third kappa shape index (κ3) is 7.59. The van der Waals surface area contributed by atoms with Gasteiger partial charge in [0.25, 0.3) is 0 Å². The molecular weight excluding hydrogens is 262 g/mol. The average molecular weight is 291 g/mol.